The SMILES string of the molecule is Cc1ccc(S(=O)(=O)ON=C2C(=O)OC(C)(C)OC2=O)cc1. The van der Waals surface area contributed by atoms with E-state index in [1.165, 1.54) is 26.0 Å². The summed E-state index contributed by atoms with van der Waals surface area (Å²) in [6.07, 6.45) is 0. The van der Waals surface area contributed by atoms with Crippen molar-refractivity contribution in [2.45, 2.75) is 31.5 Å². The third-order valence-corrected chi connectivity index (χ3v) is 3.72. The Hall–Kier alpha value is -2.42. The summed E-state index contributed by atoms with van der Waals surface area (Å²) in [6, 6.07) is 5.75. The van der Waals surface area contributed by atoms with Crippen LogP contribution in [0.1, 0.15) is 19.4 Å². The molecule has 0 atom stereocenters. The molecule has 0 N–H and O–H groups in total. The van der Waals surface area contributed by atoms with Crippen molar-refractivity contribution in [3.63, 3.8) is 0 Å². The van der Waals surface area contributed by atoms with Crippen LogP contribution in [0.15, 0.2) is 34.3 Å². The highest BCUT2D eigenvalue weighted by Crippen LogP contribution is 2.19. The quantitative estimate of drug-likeness (QED) is 0.599. The molecule has 1 heterocycles. The number of carbonyl (C=O) groups excluding carboxylic acids is 2. The number of hydrogen-bond donors (Lipinski definition) is 0. The number of aryl methyl sites for hydroxylation is 1. The number of hydrogen-bond acceptors (Lipinski definition) is 8. The van der Waals surface area contributed by atoms with Gasteiger partial charge in [-0.2, -0.15) is 8.42 Å². The van der Waals surface area contributed by atoms with Crippen LogP contribution >= 0.6 is 0 Å². The fraction of sp³-hybridized carbons (Fsp3) is 0.308. The van der Waals surface area contributed by atoms with E-state index in [0.717, 1.165) is 5.56 Å². The molecular weight excluding hydrogens is 314 g/mol. The van der Waals surface area contributed by atoms with Crippen LogP contribution in [0.5, 0.6) is 0 Å². The minimum Gasteiger partial charge on any atom is -0.418 e. The Kier molecular flexibility index (Phi) is 3.92. The number of ether oxygens (including phenoxy) is 2. The third-order valence-electron chi connectivity index (χ3n) is 2.60. The van der Waals surface area contributed by atoms with Gasteiger partial charge in [0.15, 0.2) is 0 Å². The fourth-order valence-electron chi connectivity index (χ4n) is 1.56. The molecule has 0 aliphatic carbocycles. The Labute approximate surface area is 126 Å². The Morgan fingerprint density at radius 1 is 1.05 bits per heavy atom. The minimum atomic E-state index is -4.26. The largest absolute Gasteiger partial charge is 0.418 e. The maximum absolute atomic E-state index is 11.9. The molecule has 1 aromatic rings. The zero-order chi connectivity index (χ0) is 16.5. The lowest BCUT2D eigenvalue weighted by atomic mass is 10.2. The van der Waals surface area contributed by atoms with Gasteiger partial charge in [0.25, 0.3) is 11.5 Å². The van der Waals surface area contributed by atoms with Crippen molar-refractivity contribution in [2.75, 3.05) is 0 Å². The van der Waals surface area contributed by atoms with Crippen LogP contribution in [0.3, 0.4) is 0 Å². The predicted molar refractivity (Wildman–Crippen MR) is 73.1 cm³/mol. The molecule has 22 heavy (non-hydrogen) atoms. The van der Waals surface area contributed by atoms with E-state index >= 15 is 0 Å². The first-order valence-electron chi connectivity index (χ1n) is 6.16. The van der Waals surface area contributed by atoms with Crippen LogP contribution < -0.4 is 0 Å². The number of esters is 2. The van der Waals surface area contributed by atoms with Gasteiger partial charge >= 0.3 is 22.1 Å². The van der Waals surface area contributed by atoms with Gasteiger partial charge in [-0.3, -0.25) is 4.28 Å². The molecule has 0 aromatic heterocycles. The second-order valence-corrected chi connectivity index (χ2v) is 6.49. The average molecular weight is 327 g/mol. The topological polar surface area (TPSA) is 108 Å². The van der Waals surface area contributed by atoms with Crippen molar-refractivity contribution in [3.8, 4) is 0 Å². The minimum absolute atomic E-state index is 0.166. The van der Waals surface area contributed by atoms with Gasteiger partial charge in [0, 0.05) is 13.8 Å². The Balaban J connectivity index is 2.22. The molecule has 8 nitrogen and oxygen atoms in total. The normalized spacial score (nSPS) is 17.5. The summed E-state index contributed by atoms with van der Waals surface area (Å²) >= 11 is 0. The second kappa shape index (κ2) is 5.41. The maximum Gasteiger partial charge on any atom is 0.371 e. The third kappa shape index (κ3) is 3.42. The van der Waals surface area contributed by atoms with Gasteiger partial charge in [-0.1, -0.05) is 17.7 Å². The number of carbonyl (C=O) groups is 2. The Morgan fingerprint density at radius 2 is 1.55 bits per heavy atom. The Morgan fingerprint density at radius 3 is 2.05 bits per heavy atom. The van der Waals surface area contributed by atoms with Gasteiger partial charge in [-0.15, -0.1) is 0 Å². The van der Waals surface area contributed by atoms with Crippen LogP contribution in [0.4, 0.5) is 0 Å². The van der Waals surface area contributed by atoms with Crippen LogP contribution in [0.25, 0.3) is 0 Å². The zero-order valence-corrected chi connectivity index (χ0v) is 12.8. The molecule has 0 saturated carbocycles. The fourth-order valence-corrected chi connectivity index (χ4v) is 2.28. The van der Waals surface area contributed by atoms with E-state index in [0.29, 0.717) is 0 Å². The van der Waals surface area contributed by atoms with Gasteiger partial charge in [0.1, 0.15) is 4.90 Å². The number of cyclic esters (lactones) is 2. The summed E-state index contributed by atoms with van der Waals surface area (Å²) in [4.78, 5) is 23.0. The van der Waals surface area contributed by atoms with Crippen molar-refractivity contribution in [3.05, 3.63) is 29.8 Å². The van der Waals surface area contributed by atoms with Crippen molar-refractivity contribution in [2.24, 2.45) is 5.16 Å². The molecule has 0 spiro atoms. The Bertz CT molecular complexity index is 725. The summed E-state index contributed by atoms with van der Waals surface area (Å²) in [6.45, 7) is 4.49. The number of rotatable bonds is 3. The molecule has 1 saturated heterocycles. The van der Waals surface area contributed by atoms with Crippen LogP contribution in [-0.4, -0.2) is 31.9 Å². The highest BCUT2D eigenvalue weighted by Gasteiger charge is 2.41. The molecule has 0 bridgehead atoms. The number of oxime groups is 1. The maximum atomic E-state index is 11.9. The van der Waals surface area contributed by atoms with Crippen molar-refractivity contribution in [1.29, 1.82) is 0 Å². The van der Waals surface area contributed by atoms with E-state index in [4.69, 9.17) is 9.47 Å². The van der Waals surface area contributed by atoms with E-state index in [1.807, 2.05) is 0 Å². The molecule has 9 heteroatoms. The van der Waals surface area contributed by atoms with E-state index in [-0.39, 0.29) is 4.90 Å². The van der Waals surface area contributed by atoms with E-state index in [2.05, 4.69) is 9.44 Å². The van der Waals surface area contributed by atoms with Gasteiger partial charge < -0.3 is 9.47 Å². The van der Waals surface area contributed by atoms with Gasteiger partial charge in [-0.25, -0.2) is 9.59 Å². The smallest absolute Gasteiger partial charge is 0.371 e. The molecule has 118 valence electrons. The molecule has 0 unspecified atom stereocenters. The summed E-state index contributed by atoms with van der Waals surface area (Å²) < 4.78 is 37.7. The number of benzene rings is 1. The van der Waals surface area contributed by atoms with Gasteiger partial charge in [0.2, 0.25) is 0 Å². The monoisotopic (exact) mass is 327 g/mol. The predicted octanol–water partition coefficient (Wildman–Crippen LogP) is 0.892. The highest BCUT2D eigenvalue weighted by atomic mass is 32.2. The lowest BCUT2D eigenvalue weighted by Gasteiger charge is -2.28. The van der Waals surface area contributed by atoms with E-state index < -0.39 is 33.6 Å². The molecule has 1 aromatic carbocycles. The van der Waals surface area contributed by atoms with Crippen LogP contribution in [0, 0.1) is 6.92 Å². The van der Waals surface area contributed by atoms with Gasteiger partial charge in [0.05, 0.1) is 0 Å². The zero-order valence-electron chi connectivity index (χ0n) is 12.0. The van der Waals surface area contributed by atoms with E-state index in [9.17, 15) is 18.0 Å². The first-order chi connectivity index (χ1) is 10.1. The van der Waals surface area contributed by atoms with Crippen LogP contribution in [-0.2, 0) is 33.5 Å². The molecule has 1 aliphatic rings. The number of nitrogens with zero attached hydrogens (tertiary/aromatic N) is 1. The molecule has 0 amide bonds. The molecular formula is C13H13NO7S. The summed E-state index contributed by atoms with van der Waals surface area (Å²) in [7, 11) is -4.26. The summed E-state index contributed by atoms with van der Waals surface area (Å²) in [5, 5.41) is 3.06. The molecule has 1 aliphatic heterocycles. The lowest BCUT2D eigenvalue weighted by Crippen LogP contribution is -2.46. The van der Waals surface area contributed by atoms with E-state index in [1.54, 1.807) is 19.1 Å². The van der Waals surface area contributed by atoms with Crippen molar-refractivity contribution in [1.82, 2.24) is 0 Å². The second-order valence-electron chi connectivity index (χ2n) is 4.96. The summed E-state index contributed by atoms with van der Waals surface area (Å²) in [5.74, 6) is -3.69. The van der Waals surface area contributed by atoms with Gasteiger partial charge in [-0.05, 0) is 24.2 Å². The van der Waals surface area contributed by atoms with Crippen LogP contribution in [0.2, 0.25) is 0 Å². The highest BCUT2D eigenvalue weighted by molar-refractivity contribution is 7.86. The first kappa shape index (κ1) is 16.0. The molecule has 1 fully saturated rings. The molecule has 2 rings (SSSR count). The average Bonchev–Trinajstić information content (AvgIpc) is 2.36. The molecule has 0 radical (unpaired) electrons. The standard InChI is InChI=1S/C13H13NO7S/c1-8-4-6-9(7-5-8)22(17,18)21-14-10-11(15)19-13(2,3)20-12(10)16/h4-7H,1-3H3. The summed E-state index contributed by atoms with van der Waals surface area (Å²) in [5.41, 5.74) is -0.0260. The lowest BCUT2D eigenvalue weighted by molar-refractivity contribution is -0.215. The van der Waals surface area contributed by atoms with Crippen molar-refractivity contribution < 1.29 is 31.8 Å². The first-order valence-corrected chi connectivity index (χ1v) is 7.56. The van der Waals surface area contributed by atoms with Crippen molar-refractivity contribution >= 4 is 27.8 Å².